The molecule has 1 aromatic heterocycles. The van der Waals surface area contributed by atoms with Crippen LogP contribution in [0.25, 0.3) is 11.5 Å². The highest BCUT2D eigenvalue weighted by atomic mass is 19.1. The zero-order valence-corrected chi connectivity index (χ0v) is 14.6. The van der Waals surface area contributed by atoms with Crippen molar-refractivity contribution < 1.29 is 13.6 Å². The monoisotopic (exact) mass is 359 g/mol. The Labute approximate surface area is 150 Å². The minimum atomic E-state index is -0.676. The molecule has 0 N–H and O–H groups in total. The van der Waals surface area contributed by atoms with Gasteiger partial charge in [0.15, 0.2) is 0 Å². The molecule has 0 spiro atoms. The quantitative estimate of drug-likeness (QED) is 0.845. The number of benzene rings is 1. The second kappa shape index (κ2) is 7.05. The van der Waals surface area contributed by atoms with Crippen LogP contribution in [0.4, 0.5) is 4.39 Å². The van der Waals surface area contributed by atoms with E-state index >= 15 is 0 Å². The van der Waals surface area contributed by atoms with E-state index in [-0.39, 0.29) is 24.2 Å². The van der Waals surface area contributed by atoms with E-state index in [4.69, 9.17) is 4.42 Å². The van der Waals surface area contributed by atoms with Gasteiger partial charge in [-0.05, 0) is 48.9 Å². The largest absolute Gasteiger partial charge is 0.437 e. The Bertz CT molecular complexity index is 842. The molecule has 2 fully saturated rings. The first-order valence-corrected chi connectivity index (χ1v) is 9.22. The van der Waals surface area contributed by atoms with E-state index < -0.39 is 5.76 Å². The summed E-state index contributed by atoms with van der Waals surface area (Å²) in [5.41, 5.74) is 0.498. The molecule has 1 saturated carbocycles. The molecule has 0 bridgehead atoms. The molecule has 1 aliphatic heterocycles. The third-order valence-corrected chi connectivity index (χ3v) is 5.63. The van der Waals surface area contributed by atoms with Crippen molar-refractivity contribution in [1.82, 2.24) is 14.7 Å². The van der Waals surface area contributed by atoms with E-state index in [0.717, 1.165) is 30.1 Å². The molecule has 1 saturated heterocycles. The number of carbonyl (C=O) groups excluding carboxylic acids is 1. The highest BCUT2D eigenvalue weighted by Crippen LogP contribution is 2.36. The number of nitrogens with zero attached hydrogens (tertiary/aromatic N) is 3. The second-order valence-corrected chi connectivity index (χ2v) is 7.27. The summed E-state index contributed by atoms with van der Waals surface area (Å²) < 4.78 is 19.2. The normalized spacial score (nSPS) is 22.9. The molecule has 2 atom stereocenters. The van der Waals surface area contributed by atoms with Crippen molar-refractivity contribution in [2.75, 3.05) is 13.1 Å². The van der Waals surface area contributed by atoms with Gasteiger partial charge in [0.25, 0.3) is 0 Å². The lowest BCUT2D eigenvalue weighted by Crippen LogP contribution is -2.46. The number of rotatable bonds is 3. The van der Waals surface area contributed by atoms with E-state index in [1.807, 2.05) is 4.90 Å². The molecule has 2 aliphatic rings. The molecule has 1 aromatic carbocycles. The van der Waals surface area contributed by atoms with Crippen LogP contribution in [0, 0.1) is 17.7 Å². The zero-order chi connectivity index (χ0) is 18.1. The summed E-state index contributed by atoms with van der Waals surface area (Å²) in [5.74, 6) is 0.267. The van der Waals surface area contributed by atoms with Crippen molar-refractivity contribution in [3.05, 3.63) is 40.6 Å². The fourth-order valence-corrected chi connectivity index (χ4v) is 4.17. The summed E-state index contributed by atoms with van der Waals surface area (Å²) >= 11 is 0. The maximum atomic E-state index is 13.0. The molecule has 0 radical (unpaired) electrons. The molecule has 26 heavy (non-hydrogen) atoms. The number of amides is 1. The average molecular weight is 359 g/mol. The molecule has 1 amide bonds. The van der Waals surface area contributed by atoms with Crippen molar-refractivity contribution >= 4 is 5.91 Å². The van der Waals surface area contributed by atoms with E-state index in [2.05, 4.69) is 5.10 Å². The number of hydrogen-bond acceptors (Lipinski definition) is 4. The maximum absolute atomic E-state index is 13.0. The van der Waals surface area contributed by atoms with Gasteiger partial charge in [-0.2, -0.15) is 4.68 Å². The number of carbonyl (C=O) groups is 1. The minimum Gasteiger partial charge on any atom is -0.388 e. The predicted octanol–water partition coefficient (Wildman–Crippen LogP) is 2.68. The number of halogens is 1. The zero-order valence-electron chi connectivity index (χ0n) is 14.6. The van der Waals surface area contributed by atoms with Gasteiger partial charge in [-0.3, -0.25) is 4.79 Å². The number of aromatic nitrogens is 2. The van der Waals surface area contributed by atoms with Gasteiger partial charge in [-0.1, -0.05) is 19.3 Å². The van der Waals surface area contributed by atoms with Gasteiger partial charge in [0.2, 0.25) is 11.8 Å². The Hall–Kier alpha value is -2.44. The molecule has 6 nitrogen and oxygen atoms in total. The molecule has 0 unspecified atom stereocenters. The number of fused-ring (bicyclic) bond motifs is 1. The average Bonchev–Trinajstić information content (AvgIpc) is 3.02. The SMILES string of the molecule is O=C(Cn1nc(-c2ccc(F)cc2)oc1=O)N1CC[C@H]2CCCC[C@H]2C1. The highest BCUT2D eigenvalue weighted by molar-refractivity contribution is 5.76. The molecule has 2 aromatic rings. The first kappa shape index (κ1) is 17.0. The Morgan fingerprint density at radius 1 is 1.15 bits per heavy atom. The predicted molar refractivity (Wildman–Crippen MR) is 92.8 cm³/mol. The van der Waals surface area contributed by atoms with Crippen molar-refractivity contribution in [3.8, 4) is 11.5 Å². The first-order valence-electron chi connectivity index (χ1n) is 9.22. The second-order valence-electron chi connectivity index (χ2n) is 7.27. The number of hydrogen-bond donors (Lipinski definition) is 0. The summed E-state index contributed by atoms with van der Waals surface area (Å²) in [4.78, 5) is 26.5. The highest BCUT2D eigenvalue weighted by Gasteiger charge is 2.33. The molecule has 138 valence electrons. The van der Waals surface area contributed by atoms with Gasteiger partial charge in [0.05, 0.1) is 0 Å². The fourth-order valence-electron chi connectivity index (χ4n) is 4.17. The van der Waals surface area contributed by atoms with Gasteiger partial charge in [0.1, 0.15) is 12.4 Å². The Morgan fingerprint density at radius 2 is 1.88 bits per heavy atom. The smallest absolute Gasteiger partial charge is 0.388 e. The lowest BCUT2D eigenvalue weighted by atomic mass is 9.75. The lowest BCUT2D eigenvalue weighted by Gasteiger charge is -2.41. The first-order chi connectivity index (χ1) is 12.6. The Balaban J connectivity index is 1.44. The molecular weight excluding hydrogens is 337 g/mol. The van der Waals surface area contributed by atoms with Gasteiger partial charge < -0.3 is 9.32 Å². The van der Waals surface area contributed by atoms with Crippen LogP contribution in [0.15, 0.2) is 33.5 Å². The van der Waals surface area contributed by atoms with Gasteiger partial charge in [0, 0.05) is 18.7 Å². The lowest BCUT2D eigenvalue weighted by molar-refractivity contribution is -0.135. The third-order valence-electron chi connectivity index (χ3n) is 5.63. The standard InChI is InChI=1S/C19H22FN3O3/c20-16-7-5-14(6-8-16)18-21-23(19(25)26-18)12-17(24)22-10-9-13-3-1-2-4-15(13)11-22/h5-8,13,15H,1-4,9-12H2/t13-,15+/m1/s1. The van der Waals surface area contributed by atoms with Gasteiger partial charge >= 0.3 is 5.76 Å². The van der Waals surface area contributed by atoms with Crippen LogP contribution in [0.2, 0.25) is 0 Å². The Kier molecular flexibility index (Phi) is 4.61. The fraction of sp³-hybridized carbons (Fsp3) is 0.526. The van der Waals surface area contributed by atoms with Gasteiger partial charge in [-0.25, -0.2) is 9.18 Å². The summed E-state index contributed by atoms with van der Waals surface area (Å²) in [5, 5.41) is 4.09. The van der Waals surface area contributed by atoms with Crippen LogP contribution in [-0.4, -0.2) is 33.7 Å². The van der Waals surface area contributed by atoms with Crippen LogP contribution in [0.5, 0.6) is 0 Å². The third kappa shape index (κ3) is 3.43. The topological polar surface area (TPSA) is 68.3 Å². The van der Waals surface area contributed by atoms with Crippen LogP contribution in [0.1, 0.15) is 32.1 Å². The Morgan fingerprint density at radius 3 is 2.65 bits per heavy atom. The minimum absolute atomic E-state index is 0.0915. The molecule has 7 heteroatoms. The summed E-state index contributed by atoms with van der Waals surface area (Å²) in [7, 11) is 0. The van der Waals surface area contributed by atoms with E-state index in [9.17, 15) is 14.0 Å². The van der Waals surface area contributed by atoms with Crippen LogP contribution in [-0.2, 0) is 11.3 Å². The van der Waals surface area contributed by atoms with E-state index in [0.29, 0.717) is 11.5 Å². The summed E-state index contributed by atoms with van der Waals surface area (Å²) in [6.45, 7) is 1.40. The molecular formula is C19H22FN3O3. The number of likely N-dealkylation sites (tertiary alicyclic amines) is 1. The molecule has 1 aliphatic carbocycles. The summed E-state index contributed by atoms with van der Waals surface area (Å²) in [6.07, 6.45) is 6.05. The van der Waals surface area contributed by atoms with E-state index in [1.165, 1.54) is 49.9 Å². The van der Waals surface area contributed by atoms with Crippen LogP contribution in [0.3, 0.4) is 0 Å². The van der Waals surface area contributed by atoms with Crippen molar-refractivity contribution in [2.45, 2.75) is 38.6 Å². The van der Waals surface area contributed by atoms with Crippen LogP contribution >= 0.6 is 0 Å². The molecule has 4 rings (SSSR count). The summed E-state index contributed by atoms with van der Waals surface area (Å²) in [6, 6.07) is 5.52. The van der Waals surface area contributed by atoms with Crippen LogP contribution < -0.4 is 5.76 Å². The van der Waals surface area contributed by atoms with Crippen molar-refractivity contribution in [1.29, 1.82) is 0 Å². The van der Waals surface area contributed by atoms with Gasteiger partial charge in [-0.15, -0.1) is 5.10 Å². The van der Waals surface area contributed by atoms with E-state index in [1.54, 1.807) is 0 Å². The number of piperidine rings is 1. The maximum Gasteiger partial charge on any atom is 0.437 e. The molecule has 2 heterocycles. The van der Waals surface area contributed by atoms with Crippen molar-refractivity contribution in [2.24, 2.45) is 11.8 Å². The van der Waals surface area contributed by atoms with Crippen molar-refractivity contribution in [3.63, 3.8) is 0 Å².